The van der Waals surface area contributed by atoms with Crippen LogP contribution in [0.5, 0.6) is 0 Å². The topological polar surface area (TPSA) is 50.2 Å². The van der Waals surface area contributed by atoms with Gasteiger partial charge in [-0.1, -0.05) is 30.3 Å². The molecular weight excluding hydrogens is 252 g/mol. The monoisotopic (exact) mass is 272 g/mol. The van der Waals surface area contributed by atoms with E-state index in [2.05, 4.69) is 22.5 Å². The maximum absolute atomic E-state index is 11.9. The van der Waals surface area contributed by atoms with Crippen molar-refractivity contribution in [1.82, 2.24) is 14.7 Å². The fourth-order valence-electron chi connectivity index (χ4n) is 1.99. The lowest BCUT2D eigenvalue weighted by molar-refractivity contribution is 0.217. The number of carbonyl (C=O) groups excluding carboxylic acids is 1. The molecule has 0 fully saturated rings. The molecule has 1 heterocycles. The van der Waals surface area contributed by atoms with Crippen LogP contribution in [0.2, 0.25) is 0 Å². The molecule has 0 aliphatic carbocycles. The second-order valence-electron chi connectivity index (χ2n) is 4.49. The van der Waals surface area contributed by atoms with Gasteiger partial charge in [0, 0.05) is 25.4 Å². The van der Waals surface area contributed by atoms with Crippen LogP contribution in [0.4, 0.5) is 10.6 Å². The number of amides is 2. The van der Waals surface area contributed by atoms with Crippen LogP contribution in [0.3, 0.4) is 0 Å². The number of nitrogens with zero attached hydrogens (tertiary/aromatic N) is 3. The SMILES string of the molecule is CCN(CC)C(=O)Nc1ccn(Cc2ccccc2)n1. The summed E-state index contributed by atoms with van der Waals surface area (Å²) in [5, 5.41) is 7.16. The van der Waals surface area contributed by atoms with Gasteiger partial charge in [-0.3, -0.25) is 10.00 Å². The molecule has 5 heteroatoms. The Balaban J connectivity index is 1.97. The standard InChI is InChI=1S/C15H20N4O/c1-3-18(4-2)15(20)16-14-10-11-19(17-14)12-13-8-6-5-7-9-13/h5-11H,3-4,12H2,1-2H3,(H,16,17,20). The molecule has 20 heavy (non-hydrogen) atoms. The molecule has 0 saturated heterocycles. The highest BCUT2D eigenvalue weighted by Crippen LogP contribution is 2.07. The van der Waals surface area contributed by atoms with E-state index >= 15 is 0 Å². The fourth-order valence-corrected chi connectivity index (χ4v) is 1.99. The van der Waals surface area contributed by atoms with Crippen LogP contribution in [0.15, 0.2) is 42.6 Å². The number of rotatable bonds is 5. The van der Waals surface area contributed by atoms with Crippen LogP contribution in [0.1, 0.15) is 19.4 Å². The highest BCUT2D eigenvalue weighted by molar-refractivity contribution is 5.88. The Bertz CT molecular complexity index is 546. The third-order valence-electron chi connectivity index (χ3n) is 3.11. The lowest BCUT2D eigenvalue weighted by Gasteiger charge is -2.18. The van der Waals surface area contributed by atoms with Gasteiger partial charge in [0.15, 0.2) is 5.82 Å². The molecule has 0 bridgehead atoms. The molecular formula is C15H20N4O. The van der Waals surface area contributed by atoms with Crippen LogP contribution in [-0.4, -0.2) is 33.8 Å². The Morgan fingerprint density at radius 2 is 1.90 bits per heavy atom. The number of anilines is 1. The van der Waals surface area contributed by atoms with Crippen LogP contribution < -0.4 is 5.32 Å². The quantitative estimate of drug-likeness (QED) is 0.910. The molecule has 1 aromatic carbocycles. The average Bonchev–Trinajstić information content (AvgIpc) is 2.88. The van der Waals surface area contributed by atoms with Crippen LogP contribution in [0.25, 0.3) is 0 Å². The van der Waals surface area contributed by atoms with E-state index < -0.39 is 0 Å². The summed E-state index contributed by atoms with van der Waals surface area (Å²) < 4.78 is 1.81. The van der Waals surface area contributed by atoms with Crippen molar-refractivity contribution >= 4 is 11.8 Å². The normalized spacial score (nSPS) is 10.3. The van der Waals surface area contributed by atoms with Gasteiger partial charge in [0.05, 0.1) is 6.54 Å². The Kier molecular flexibility index (Phi) is 4.76. The van der Waals surface area contributed by atoms with Gasteiger partial charge in [-0.15, -0.1) is 0 Å². The number of benzene rings is 1. The fraction of sp³-hybridized carbons (Fsp3) is 0.333. The maximum atomic E-state index is 11.9. The number of hydrogen-bond donors (Lipinski definition) is 1. The number of carbonyl (C=O) groups is 1. The van der Waals surface area contributed by atoms with Crippen LogP contribution in [-0.2, 0) is 6.54 Å². The zero-order valence-electron chi connectivity index (χ0n) is 11.9. The van der Waals surface area contributed by atoms with Gasteiger partial charge in [0.2, 0.25) is 0 Å². The third kappa shape index (κ3) is 3.60. The van der Waals surface area contributed by atoms with Gasteiger partial charge in [0.1, 0.15) is 0 Å². The van der Waals surface area contributed by atoms with Crippen molar-refractivity contribution in [2.75, 3.05) is 18.4 Å². The Morgan fingerprint density at radius 1 is 1.20 bits per heavy atom. The molecule has 0 radical (unpaired) electrons. The van der Waals surface area contributed by atoms with Crippen molar-refractivity contribution in [2.24, 2.45) is 0 Å². The van der Waals surface area contributed by atoms with E-state index in [1.807, 2.05) is 49.0 Å². The zero-order valence-corrected chi connectivity index (χ0v) is 11.9. The second-order valence-corrected chi connectivity index (χ2v) is 4.49. The highest BCUT2D eigenvalue weighted by atomic mass is 16.2. The van der Waals surface area contributed by atoms with Gasteiger partial charge in [-0.2, -0.15) is 5.10 Å². The lowest BCUT2D eigenvalue weighted by atomic mass is 10.2. The molecule has 2 amide bonds. The minimum atomic E-state index is -0.111. The minimum Gasteiger partial charge on any atom is -0.325 e. The van der Waals surface area contributed by atoms with Gasteiger partial charge in [0.25, 0.3) is 0 Å². The predicted octanol–water partition coefficient (Wildman–Crippen LogP) is 2.81. The molecule has 0 saturated carbocycles. The molecule has 5 nitrogen and oxygen atoms in total. The van der Waals surface area contributed by atoms with Crippen molar-refractivity contribution in [3.63, 3.8) is 0 Å². The van der Waals surface area contributed by atoms with E-state index in [0.29, 0.717) is 25.5 Å². The van der Waals surface area contributed by atoms with Gasteiger partial charge >= 0.3 is 6.03 Å². The minimum absolute atomic E-state index is 0.111. The molecule has 0 aliphatic rings. The maximum Gasteiger partial charge on any atom is 0.323 e. The Hall–Kier alpha value is -2.30. The van der Waals surface area contributed by atoms with Crippen molar-refractivity contribution < 1.29 is 4.79 Å². The number of hydrogen-bond acceptors (Lipinski definition) is 2. The van der Waals surface area contributed by atoms with Crippen molar-refractivity contribution in [3.8, 4) is 0 Å². The molecule has 0 unspecified atom stereocenters. The van der Waals surface area contributed by atoms with Gasteiger partial charge in [-0.25, -0.2) is 4.79 Å². The number of aromatic nitrogens is 2. The van der Waals surface area contributed by atoms with E-state index in [0.717, 1.165) is 0 Å². The van der Waals surface area contributed by atoms with Crippen LogP contribution >= 0.6 is 0 Å². The molecule has 106 valence electrons. The first kappa shape index (κ1) is 14.1. The van der Waals surface area contributed by atoms with Crippen molar-refractivity contribution in [3.05, 3.63) is 48.2 Å². The molecule has 1 N–H and O–H groups in total. The molecule has 0 atom stereocenters. The molecule has 0 aliphatic heterocycles. The highest BCUT2D eigenvalue weighted by Gasteiger charge is 2.10. The zero-order chi connectivity index (χ0) is 14.4. The second kappa shape index (κ2) is 6.75. The van der Waals surface area contributed by atoms with E-state index in [1.54, 1.807) is 4.90 Å². The Morgan fingerprint density at radius 3 is 2.55 bits per heavy atom. The van der Waals surface area contributed by atoms with Crippen LogP contribution in [0, 0.1) is 0 Å². The smallest absolute Gasteiger partial charge is 0.323 e. The first-order valence-corrected chi connectivity index (χ1v) is 6.86. The first-order valence-electron chi connectivity index (χ1n) is 6.86. The summed E-state index contributed by atoms with van der Waals surface area (Å²) in [6, 6.07) is 11.8. The van der Waals surface area contributed by atoms with E-state index in [4.69, 9.17) is 0 Å². The number of nitrogens with one attached hydrogen (secondary N) is 1. The summed E-state index contributed by atoms with van der Waals surface area (Å²) in [5.74, 6) is 0.581. The predicted molar refractivity (Wildman–Crippen MR) is 79.7 cm³/mol. The summed E-state index contributed by atoms with van der Waals surface area (Å²) >= 11 is 0. The summed E-state index contributed by atoms with van der Waals surface area (Å²) in [4.78, 5) is 13.6. The van der Waals surface area contributed by atoms with Crippen molar-refractivity contribution in [1.29, 1.82) is 0 Å². The summed E-state index contributed by atoms with van der Waals surface area (Å²) in [7, 11) is 0. The van der Waals surface area contributed by atoms with E-state index in [-0.39, 0.29) is 6.03 Å². The largest absolute Gasteiger partial charge is 0.325 e. The number of urea groups is 1. The van der Waals surface area contributed by atoms with E-state index in [1.165, 1.54) is 5.56 Å². The van der Waals surface area contributed by atoms with Gasteiger partial charge in [-0.05, 0) is 19.4 Å². The average molecular weight is 272 g/mol. The summed E-state index contributed by atoms with van der Waals surface area (Å²) in [6.07, 6.45) is 1.87. The summed E-state index contributed by atoms with van der Waals surface area (Å²) in [5.41, 5.74) is 1.18. The van der Waals surface area contributed by atoms with Gasteiger partial charge < -0.3 is 4.90 Å². The third-order valence-corrected chi connectivity index (χ3v) is 3.11. The van der Waals surface area contributed by atoms with E-state index in [9.17, 15) is 4.79 Å². The first-order chi connectivity index (χ1) is 9.72. The summed E-state index contributed by atoms with van der Waals surface area (Å²) in [6.45, 7) is 5.98. The lowest BCUT2D eigenvalue weighted by Crippen LogP contribution is -2.34. The van der Waals surface area contributed by atoms with Crippen molar-refractivity contribution in [2.45, 2.75) is 20.4 Å². The molecule has 2 rings (SSSR count). The molecule has 1 aromatic heterocycles. The Labute approximate surface area is 119 Å². The molecule has 2 aromatic rings. The molecule has 0 spiro atoms.